The molecule has 8 nitrogen and oxygen atoms in total. The van der Waals surface area contributed by atoms with E-state index in [1.165, 1.54) is 26.3 Å². The highest BCUT2D eigenvalue weighted by Gasteiger charge is 2.27. The lowest BCUT2D eigenvalue weighted by atomic mass is 9.97. The summed E-state index contributed by atoms with van der Waals surface area (Å²) in [7, 11) is -1.06. The Balaban J connectivity index is 2.12. The lowest BCUT2D eigenvalue weighted by Gasteiger charge is -2.33. The molecule has 1 fully saturated rings. The number of benzene rings is 1. The Kier molecular flexibility index (Phi) is 7.82. The molecule has 0 saturated carbocycles. The number of nitrogens with one attached hydrogen (secondary N) is 2. The molecule has 0 bridgehead atoms. The standard InChI is InChI=1S/C19H29N3O5S/c1-4-6-18(23)21-12-14-7-5-10-22(13-14)19(24)15-8-9-16(27-3)17(11-15)28(25,26)20-2/h8-9,11,14,20H,4-7,10,12-13H2,1-3H3,(H,21,23)/t14-/m0/s1. The van der Waals surface area contributed by atoms with Crippen molar-refractivity contribution in [2.24, 2.45) is 5.92 Å². The van der Waals surface area contributed by atoms with Crippen LogP contribution < -0.4 is 14.8 Å². The molecule has 0 aromatic heterocycles. The van der Waals surface area contributed by atoms with E-state index in [-0.39, 0.29) is 28.4 Å². The zero-order valence-electron chi connectivity index (χ0n) is 16.7. The fourth-order valence-electron chi connectivity index (χ4n) is 3.30. The summed E-state index contributed by atoms with van der Waals surface area (Å²) in [5, 5.41) is 2.92. The van der Waals surface area contributed by atoms with Crippen molar-refractivity contribution in [1.82, 2.24) is 14.9 Å². The van der Waals surface area contributed by atoms with Crippen molar-refractivity contribution in [2.75, 3.05) is 33.8 Å². The van der Waals surface area contributed by atoms with E-state index in [9.17, 15) is 18.0 Å². The highest BCUT2D eigenvalue weighted by molar-refractivity contribution is 7.89. The van der Waals surface area contributed by atoms with E-state index < -0.39 is 10.0 Å². The Labute approximate surface area is 166 Å². The van der Waals surface area contributed by atoms with E-state index in [0.29, 0.717) is 31.6 Å². The van der Waals surface area contributed by atoms with Crippen LogP contribution in [-0.4, -0.2) is 58.9 Å². The summed E-state index contributed by atoms with van der Waals surface area (Å²) in [6, 6.07) is 4.41. The Morgan fingerprint density at radius 2 is 2.07 bits per heavy atom. The molecule has 1 atom stereocenters. The van der Waals surface area contributed by atoms with E-state index in [2.05, 4.69) is 10.0 Å². The number of sulfonamides is 1. The van der Waals surface area contributed by atoms with Crippen LogP contribution in [0.3, 0.4) is 0 Å². The molecule has 0 aliphatic carbocycles. The van der Waals surface area contributed by atoms with Crippen molar-refractivity contribution in [1.29, 1.82) is 0 Å². The molecular formula is C19H29N3O5S. The van der Waals surface area contributed by atoms with E-state index in [1.807, 2.05) is 6.92 Å². The van der Waals surface area contributed by atoms with Gasteiger partial charge in [-0.15, -0.1) is 0 Å². The monoisotopic (exact) mass is 411 g/mol. The molecule has 0 spiro atoms. The van der Waals surface area contributed by atoms with E-state index in [1.54, 1.807) is 11.0 Å². The fraction of sp³-hybridized carbons (Fsp3) is 0.579. The van der Waals surface area contributed by atoms with Crippen molar-refractivity contribution in [3.63, 3.8) is 0 Å². The first kappa shape index (κ1) is 22.2. The molecule has 1 heterocycles. The topological polar surface area (TPSA) is 105 Å². The Morgan fingerprint density at radius 1 is 1.32 bits per heavy atom. The van der Waals surface area contributed by atoms with Crippen LogP contribution in [0.2, 0.25) is 0 Å². The molecule has 1 aliphatic rings. The molecule has 1 saturated heterocycles. The molecular weight excluding hydrogens is 382 g/mol. The molecule has 2 amide bonds. The maximum absolute atomic E-state index is 12.9. The Bertz CT molecular complexity index is 810. The SMILES string of the molecule is CCCC(=O)NC[C@@H]1CCCN(C(=O)c2ccc(OC)c(S(=O)(=O)NC)c2)C1. The minimum absolute atomic E-state index is 0.0306. The highest BCUT2D eigenvalue weighted by atomic mass is 32.2. The van der Waals surface area contributed by atoms with Gasteiger partial charge in [-0.3, -0.25) is 9.59 Å². The van der Waals surface area contributed by atoms with Gasteiger partial charge in [0.1, 0.15) is 10.6 Å². The zero-order chi connectivity index (χ0) is 20.7. The normalized spacial score (nSPS) is 17.2. The van der Waals surface area contributed by atoms with Crippen LogP contribution in [0.5, 0.6) is 5.75 Å². The minimum Gasteiger partial charge on any atom is -0.495 e. The molecule has 156 valence electrons. The van der Waals surface area contributed by atoms with Gasteiger partial charge in [-0.1, -0.05) is 6.92 Å². The number of piperidine rings is 1. The molecule has 2 rings (SSSR count). The number of carbonyl (C=O) groups excluding carboxylic acids is 2. The van der Waals surface area contributed by atoms with Gasteiger partial charge in [0.25, 0.3) is 5.91 Å². The summed E-state index contributed by atoms with van der Waals surface area (Å²) >= 11 is 0. The predicted molar refractivity (Wildman–Crippen MR) is 106 cm³/mol. The number of methoxy groups -OCH3 is 1. The van der Waals surface area contributed by atoms with Crippen molar-refractivity contribution in [3.05, 3.63) is 23.8 Å². The molecule has 28 heavy (non-hydrogen) atoms. The summed E-state index contributed by atoms with van der Waals surface area (Å²) in [5.41, 5.74) is 0.297. The second kappa shape index (κ2) is 9.88. The van der Waals surface area contributed by atoms with Gasteiger partial charge < -0.3 is 15.0 Å². The maximum Gasteiger partial charge on any atom is 0.253 e. The molecule has 1 aromatic rings. The number of amides is 2. The number of rotatable bonds is 8. The quantitative estimate of drug-likeness (QED) is 0.672. The summed E-state index contributed by atoms with van der Waals surface area (Å²) in [6.45, 7) is 3.65. The van der Waals surface area contributed by atoms with Crippen LogP contribution in [0.1, 0.15) is 43.0 Å². The second-order valence-electron chi connectivity index (χ2n) is 6.89. The van der Waals surface area contributed by atoms with E-state index in [4.69, 9.17) is 4.74 Å². The minimum atomic E-state index is -3.76. The molecule has 0 unspecified atom stereocenters. The summed E-state index contributed by atoms with van der Waals surface area (Å²) < 4.78 is 31.8. The average molecular weight is 412 g/mol. The summed E-state index contributed by atoms with van der Waals surface area (Å²) in [4.78, 5) is 26.3. The third kappa shape index (κ3) is 5.45. The van der Waals surface area contributed by atoms with Crippen molar-refractivity contribution in [3.8, 4) is 5.75 Å². The van der Waals surface area contributed by atoms with Crippen molar-refractivity contribution in [2.45, 2.75) is 37.5 Å². The van der Waals surface area contributed by atoms with Crippen molar-refractivity contribution >= 4 is 21.8 Å². The molecule has 2 N–H and O–H groups in total. The van der Waals surface area contributed by atoms with Gasteiger partial charge in [0, 0.05) is 31.6 Å². The van der Waals surface area contributed by atoms with Gasteiger partial charge in [-0.2, -0.15) is 0 Å². The first-order valence-electron chi connectivity index (χ1n) is 9.50. The molecule has 9 heteroatoms. The second-order valence-corrected chi connectivity index (χ2v) is 8.74. The van der Waals surface area contributed by atoms with Gasteiger partial charge in [0.2, 0.25) is 15.9 Å². The first-order valence-corrected chi connectivity index (χ1v) is 11.0. The number of carbonyl (C=O) groups is 2. The predicted octanol–water partition coefficient (Wildman–Crippen LogP) is 1.37. The summed E-state index contributed by atoms with van der Waals surface area (Å²) in [6.07, 6.45) is 3.09. The Morgan fingerprint density at radius 3 is 2.71 bits per heavy atom. The number of hydrogen-bond acceptors (Lipinski definition) is 5. The fourth-order valence-corrected chi connectivity index (χ4v) is 4.22. The molecule has 1 aromatic carbocycles. The number of hydrogen-bond donors (Lipinski definition) is 2. The van der Waals surface area contributed by atoms with Crippen molar-refractivity contribution < 1.29 is 22.7 Å². The van der Waals surface area contributed by atoms with Gasteiger partial charge in [0.05, 0.1) is 7.11 Å². The smallest absolute Gasteiger partial charge is 0.253 e. The first-order chi connectivity index (χ1) is 13.3. The van der Waals surface area contributed by atoms with Crippen LogP contribution in [0.4, 0.5) is 0 Å². The third-order valence-electron chi connectivity index (χ3n) is 4.84. The number of nitrogens with zero attached hydrogens (tertiary/aromatic N) is 1. The van der Waals surface area contributed by atoms with E-state index >= 15 is 0 Å². The van der Waals surface area contributed by atoms with Gasteiger partial charge in [0.15, 0.2) is 0 Å². The van der Waals surface area contributed by atoms with Crippen LogP contribution in [-0.2, 0) is 14.8 Å². The van der Waals surface area contributed by atoms with Gasteiger partial charge in [-0.05, 0) is 50.4 Å². The molecule has 1 aliphatic heterocycles. The highest BCUT2D eigenvalue weighted by Crippen LogP contribution is 2.26. The Hall–Kier alpha value is -2.13. The van der Waals surface area contributed by atoms with Crippen LogP contribution in [0, 0.1) is 5.92 Å². The van der Waals surface area contributed by atoms with Crippen LogP contribution >= 0.6 is 0 Å². The third-order valence-corrected chi connectivity index (χ3v) is 6.28. The maximum atomic E-state index is 12.9. The van der Waals surface area contributed by atoms with Gasteiger partial charge in [-0.25, -0.2) is 13.1 Å². The lowest BCUT2D eigenvalue weighted by Crippen LogP contribution is -2.43. The average Bonchev–Trinajstić information content (AvgIpc) is 2.71. The largest absolute Gasteiger partial charge is 0.495 e. The van der Waals surface area contributed by atoms with Crippen LogP contribution in [0.25, 0.3) is 0 Å². The van der Waals surface area contributed by atoms with Gasteiger partial charge >= 0.3 is 0 Å². The molecule has 0 radical (unpaired) electrons. The van der Waals surface area contributed by atoms with Crippen LogP contribution in [0.15, 0.2) is 23.1 Å². The summed E-state index contributed by atoms with van der Waals surface area (Å²) in [5.74, 6) is 0.182. The zero-order valence-corrected chi connectivity index (χ0v) is 17.5. The van der Waals surface area contributed by atoms with E-state index in [0.717, 1.165) is 19.3 Å². The number of ether oxygens (including phenoxy) is 1. The lowest BCUT2D eigenvalue weighted by molar-refractivity contribution is -0.121. The number of likely N-dealkylation sites (tertiary alicyclic amines) is 1.